The average Bonchev–Trinajstić information content (AvgIpc) is 2.73. The number of aromatic hydroxyl groups is 1. The number of ether oxygens (including phenoxy) is 2. The summed E-state index contributed by atoms with van der Waals surface area (Å²) >= 11 is 0. The standard InChI is InChI=1S/C22H27NO6/c1-12-2-4-14(19-10-17(25)22(27)20(11-24)29-19)21(26)15(12)8-13-3-5-18-16(9-13)23-6-7-28-18/h2-5,9,17,19-20,22-27H,6-8,10-11H2,1H3/t17?,19-,20-,22+/m1/s1. The van der Waals surface area contributed by atoms with Crippen LogP contribution in [0.15, 0.2) is 30.3 Å². The molecule has 2 aromatic carbocycles. The highest BCUT2D eigenvalue weighted by atomic mass is 16.5. The van der Waals surface area contributed by atoms with E-state index in [2.05, 4.69) is 5.32 Å². The third-order valence-electron chi connectivity index (χ3n) is 5.74. The molecule has 0 saturated carbocycles. The number of aliphatic hydroxyl groups is 3. The van der Waals surface area contributed by atoms with E-state index in [1.165, 1.54) is 0 Å². The first kappa shape index (κ1) is 20.0. The summed E-state index contributed by atoms with van der Waals surface area (Å²) in [5.74, 6) is 0.949. The van der Waals surface area contributed by atoms with E-state index < -0.39 is 31.0 Å². The lowest BCUT2D eigenvalue weighted by molar-refractivity contribution is -0.181. The Morgan fingerprint density at radius 3 is 2.79 bits per heavy atom. The van der Waals surface area contributed by atoms with Crippen molar-refractivity contribution in [1.29, 1.82) is 0 Å². The van der Waals surface area contributed by atoms with Crippen molar-refractivity contribution in [3.8, 4) is 11.5 Å². The predicted octanol–water partition coefficient (Wildman–Crippen LogP) is 1.64. The van der Waals surface area contributed by atoms with Crippen molar-refractivity contribution in [3.63, 3.8) is 0 Å². The molecular weight excluding hydrogens is 374 g/mol. The molecule has 0 aromatic heterocycles. The Morgan fingerprint density at radius 1 is 1.17 bits per heavy atom. The Bertz CT molecular complexity index is 886. The topological polar surface area (TPSA) is 111 Å². The first-order valence-electron chi connectivity index (χ1n) is 9.91. The Hall–Kier alpha value is -2.32. The SMILES string of the molecule is Cc1ccc([C@H]2CC(O)[C@H](O)[C@@H](CO)O2)c(O)c1Cc1ccc2c(c1)NCCO2. The largest absolute Gasteiger partial charge is 0.507 e. The van der Waals surface area contributed by atoms with Crippen LogP contribution in [0.3, 0.4) is 0 Å². The minimum atomic E-state index is -1.14. The van der Waals surface area contributed by atoms with E-state index in [0.29, 0.717) is 18.6 Å². The molecule has 2 heterocycles. The first-order chi connectivity index (χ1) is 14.0. The number of aryl methyl sites for hydroxylation is 1. The lowest BCUT2D eigenvalue weighted by Gasteiger charge is -2.37. The molecule has 4 atom stereocenters. The van der Waals surface area contributed by atoms with Crippen LogP contribution in [0.5, 0.6) is 11.5 Å². The van der Waals surface area contributed by atoms with Gasteiger partial charge in [-0.1, -0.05) is 18.2 Å². The van der Waals surface area contributed by atoms with Gasteiger partial charge in [0.1, 0.15) is 30.3 Å². The zero-order valence-corrected chi connectivity index (χ0v) is 16.3. The highest BCUT2D eigenvalue weighted by Crippen LogP contribution is 2.39. The predicted molar refractivity (Wildman–Crippen MR) is 107 cm³/mol. The zero-order chi connectivity index (χ0) is 20.5. The van der Waals surface area contributed by atoms with Crippen LogP contribution in [0.25, 0.3) is 0 Å². The number of nitrogens with one attached hydrogen (secondary N) is 1. The summed E-state index contributed by atoms with van der Waals surface area (Å²) in [5, 5.41) is 43.8. The summed E-state index contributed by atoms with van der Waals surface area (Å²) < 4.78 is 11.4. The molecule has 1 fully saturated rings. The number of anilines is 1. The highest BCUT2D eigenvalue weighted by Gasteiger charge is 2.38. The van der Waals surface area contributed by atoms with Crippen molar-refractivity contribution >= 4 is 5.69 Å². The van der Waals surface area contributed by atoms with Crippen LogP contribution in [0.1, 0.15) is 34.8 Å². The van der Waals surface area contributed by atoms with Gasteiger partial charge in [-0.05, 0) is 30.2 Å². The van der Waals surface area contributed by atoms with Crippen LogP contribution >= 0.6 is 0 Å². The second-order valence-electron chi connectivity index (χ2n) is 7.72. The summed E-state index contributed by atoms with van der Waals surface area (Å²) in [5.41, 5.74) is 4.26. The minimum absolute atomic E-state index is 0.122. The van der Waals surface area contributed by atoms with Gasteiger partial charge in [0.25, 0.3) is 0 Å². The third-order valence-corrected chi connectivity index (χ3v) is 5.74. The molecule has 1 saturated heterocycles. The quantitative estimate of drug-likeness (QED) is 0.530. The van der Waals surface area contributed by atoms with Crippen LogP contribution in [-0.2, 0) is 11.2 Å². The van der Waals surface area contributed by atoms with Crippen LogP contribution < -0.4 is 10.1 Å². The maximum Gasteiger partial charge on any atom is 0.142 e. The normalized spacial score (nSPS) is 26.3. The highest BCUT2D eigenvalue weighted by molar-refractivity contribution is 5.60. The smallest absolute Gasteiger partial charge is 0.142 e. The Kier molecular flexibility index (Phi) is 5.65. The molecule has 7 heteroatoms. The van der Waals surface area contributed by atoms with Crippen LogP contribution in [0.4, 0.5) is 5.69 Å². The Morgan fingerprint density at radius 2 is 2.00 bits per heavy atom. The number of rotatable bonds is 4. The summed E-state index contributed by atoms with van der Waals surface area (Å²) in [7, 11) is 0. The maximum absolute atomic E-state index is 11.0. The molecular formula is C22H27NO6. The van der Waals surface area contributed by atoms with Crippen LogP contribution in [0.2, 0.25) is 0 Å². The Labute approximate surface area is 169 Å². The molecule has 29 heavy (non-hydrogen) atoms. The van der Waals surface area contributed by atoms with Gasteiger partial charge >= 0.3 is 0 Å². The van der Waals surface area contributed by atoms with Gasteiger partial charge < -0.3 is 35.2 Å². The fourth-order valence-corrected chi connectivity index (χ4v) is 4.05. The first-order valence-corrected chi connectivity index (χ1v) is 9.91. The van der Waals surface area contributed by atoms with Crippen molar-refractivity contribution < 1.29 is 29.9 Å². The van der Waals surface area contributed by atoms with Gasteiger partial charge in [-0.25, -0.2) is 0 Å². The summed E-state index contributed by atoms with van der Waals surface area (Å²) in [6.07, 6.45) is -2.99. The van der Waals surface area contributed by atoms with Gasteiger partial charge in [-0.2, -0.15) is 0 Å². The Balaban J connectivity index is 1.62. The molecule has 0 aliphatic carbocycles. The molecule has 0 bridgehead atoms. The molecule has 0 amide bonds. The lowest BCUT2D eigenvalue weighted by Crippen LogP contribution is -2.47. The second kappa shape index (κ2) is 8.20. The zero-order valence-electron chi connectivity index (χ0n) is 16.3. The van der Waals surface area contributed by atoms with Gasteiger partial charge in [-0.3, -0.25) is 0 Å². The summed E-state index contributed by atoms with van der Waals surface area (Å²) in [6.45, 7) is 2.94. The molecule has 156 valence electrons. The van der Waals surface area contributed by atoms with Crippen molar-refractivity contribution in [2.24, 2.45) is 0 Å². The molecule has 0 spiro atoms. The summed E-state index contributed by atoms with van der Waals surface area (Å²) in [4.78, 5) is 0. The van der Waals surface area contributed by atoms with Crippen LogP contribution in [0, 0.1) is 6.92 Å². The van der Waals surface area contributed by atoms with E-state index in [-0.39, 0.29) is 12.2 Å². The fraction of sp³-hybridized carbons (Fsp3) is 0.455. The lowest BCUT2D eigenvalue weighted by atomic mass is 9.90. The van der Waals surface area contributed by atoms with Crippen molar-refractivity contribution in [2.75, 3.05) is 25.1 Å². The van der Waals surface area contributed by atoms with Gasteiger partial charge in [0.15, 0.2) is 0 Å². The number of benzene rings is 2. The number of fused-ring (bicyclic) bond motifs is 1. The molecule has 2 aromatic rings. The minimum Gasteiger partial charge on any atom is -0.507 e. The number of phenolic OH excluding ortho intramolecular Hbond substituents is 1. The second-order valence-corrected chi connectivity index (χ2v) is 7.72. The van der Waals surface area contributed by atoms with E-state index >= 15 is 0 Å². The third kappa shape index (κ3) is 3.91. The maximum atomic E-state index is 11.0. The monoisotopic (exact) mass is 401 g/mol. The van der Waals surface area contributed by atoms with E-state index in [1.54, 1.807) is 6.07 Å². The van der Waals surface area contributed by atoms with Crippen LogP contribution in [-0.4, -0.2) is 58.5 Å². The number of phenols is 1. The molecule has 5 N–H and O–H groups in total. The molecule has 2 aliphatic heterocycles. The average molecular weight is 401 g/mol. The molecule has 1 unspecified atom stereocenters. The van der Waals surface area contributed by atoms with Gasteiger partial charge in [0.05, 0.1) is 24.5 Å². The van der Waals surface area contributed by atoms with E-state index in [0.717, 1.165) is 34.7 Å². The number of aliphatic hydroxyl groups excluding tert-OH is 3. The molecule has 0 radical (unpaired) electrons. The van der Waals surface area contributed by atoms with Gasteiger partial charge in [-0.15, -0.1) is 0 Å². The molecule has 2 aliphatic rings. The van der Waals surface area contributed by atoms with Crippen molar-refractivity contribution in [3.05, 3.63) is 52.6 Å². The van der Waals surface area contributed by atoms with E-state index in [4.69, 9.17) is 9.47 Å². The van der Waals surface area contributed by atoms with Crippen molar-refractivity contribution in [1.82, 2.24) is 0 Å². The van der Waals surface area contributed by atoms with Crippen molar-refractivity contribution in [2.45, 2.75) is 44.2 Å². The number of hydrogen-bond donors (Lipinski definition) is 5. The van der Waals surface area contributed by atoms with E-state index in [9.17, 15) is 20.4 Å². The van der Waals surface area contributed by atoms with Gasteiger partial charge in [0, 0.05) is 30.5 Å². The van der Waals surface area contributed by atoms with Gasteiger partial charge in [0.2, 0.25) is 0 Å². The summed E-state index contributed by atoms with van der Waals surface area (Å²) in [6, 6.07) is 9.63. The molecule has 7 nitrogen and oxygen atoms in total. The number of hydrogen-bond acceptors (Lipinski definition) is 7. The molecule has 4 rings (SSSR count). The fourth-order valence-electron chi connectivity index (χ4n) is 4.05. The van der Waals surface area contributed by atoms with E-state index in [1.807, 2.05) is 31.2 Å².